The maximum absolute atomic E-state index is 10.2. The largest absolute Gasteiger partial charge is 0.478 e. The first-order valence-electron chi connectivity index (χ1n) is 8.83. The molecule has 0 heterocycles. The SMILES string of the molecule is CCC[PH](CCC)(CCC)CCC.O=C(O)c1ccccc1.P. The fourth-order valence-corrected chi connectivity index (χ4v) is 9.19. The van der Waals surface area contributed by atoms with E-state index in [2.05, 4.69) is 27.7 Å². The van der Waals surface area contributed by atoms with Crippen molar-refractivity contribution in [2.75, 3.05) is 24.6 Å². The van der Waals surface area contributed by atoms with E-state index in [0.29, 0.717) is 5.56 Å². The first-order valence-corrected chi connectivity index (χ1v) is 11.7. The fraction of sp³-hybridized carbons (Fsp3) is 0.632. The van der Waals surface area contributed by atoms with Gasteiger partial charge in [0.25, 0.3) is 0 Å². The van der Waals surface area contributed by atoms with Gasteiger partial charge in [0.2, 0.25) is 0 Å². The minimum absolute atomic E-state index is 0. The standard InChI is InChI=1S/C12H29P.C7H6O2.H3P/c1-5-9-13(10-6-2,11-7-3)12-8-4;8-7(9)6-4-2-1-3-5-6;/h13H,5-12H2,1-4H3;1-5H,(H,8,9);1H3. The van der Waals surface area contributed by atoms with Gasteiger partial charge in [-0.1, -0.05) is 18.2 Å². The molecule has 4 heteroatoms. The number of carboxylic acid groups (broad SMARTS) is 1. The van der Waals surface area contributed by atoms with Crippen LogP contribution in [0, 0.1) is 0 Å². The minimum atomic E-state index is -0.879. The van der Waals surface area contributed by atoms with Crippen LogP contribution in [0.15, 0.2) is 30.3 Å². The van der Waals surface area contributed by atoms with Gasteiger partial charge in [-0.15, -0.1) is 0 Å². The fourth-order valence-electron chi connectivity index (χ4n) is 3.45. The summed E-state index contributed by atoms with van der Waals surface area (Å²) in [4.78, 5) is 10.2. The minimum Gasteiger partial charge on any atom is -0.478 e. The Morgan fingerprint density at radius 3 is 1.39 bits per heavy atom. The van der Waals surface area contributed by atoms with E-state index in [-0.39, 0.29) is 9.90 Å². The second-order valence-electron chi connectivity index (χ2n) is 6.17. The predicted octanol–water partition coefficient (Wildman–Crippen LogP) is 5.82. The summed E-state index contributed by atoms with van der Waals surface area (Å²) in [5, 5.41) is 8.38. The summed E-state index contributed by atoms with van der Waals surface area (Å²) in [7, 11) is -0.796. The van der Waals surface area contributed by atoms with Gasteiger partial charge in [-0.2, -0.15) is 9.90 Å². The summed E-state index contributed by atoms with van der Waals surface area (Å²) in [5.74, 6) is -0.879. The Kier molecular flexibility index (Phi) is 16.3. The Morgan fingerprint density at radius 2 is 1.17 bits per heavy atom. The monoisotopic (exact) mass is 360 g/mol. The number of hydrogen-bond donors (Lipinski definition) is 1. The molecule has 23 heavy (non-hydrogen) atoms. The molecule has 0 saturated carbocycles. The molecule has 1 N–H and O–H groups in total. The Hall–Kier alpha value is -0.450. The molecule has 1 unspecified atom stereocenters. The zero-order valence-electron chi connectivity index (χ0n) is 15.6. The van der Waals surface area contributed by atoms with Gasteiger partial charge in [0, 0.05) is 0 Å². The summed E-state index contributed by atoms with van der Waals surface area (Å²) in [6.45, 7) is 9.46. The maximum Gasteiger partial charge on any atom is 0.335 e. The number of hydrogen-bond acceptors (Lipinski definition) is 1. The number of benzene rings is 1. The predicted molar refractivity (Wildman–Crippen MR) is 113 cm³/mol. The van der Waals surface area contributed by atoms with Crippen molar-refractivity contribution in [1.82, 2.24) is 0 Å². The van der Waals surface area contributed by atoms with Gasteiger partial charge in [0.05, 0.1) is 5.56 Å². The summed E-state index contributed by atoms with van der Waals surface area (Å²) in [6.07, 6.45) is 12.0. The molecule has 1 aromatic carbocycles. The average molecular weight is 360 g/mol. The van der Waals surface area contributed by atoms with E-state index in [1.54, 1.807) is 55.0 Å². The molecule has 136 valence electrons. The summed E-state index contributed by atoms with van der Waals surface area (Å²) >= 11 is 0. The first kappa shape index (κ1) is 24.8. The number of aromatic carboxylic acids is 1. The molecule has 0 amide bonds. The van der Waals surface area contributed by atoms with Crippen LogP contribution in [0.4, 0.5) is 0 Å². The van der Waals surface area contributed by atoms with Crippen molar-refractivity contribution < 1.29 is 9.90 Å². The van der Waals surface area contributed by atoms with Gasteiger partial charge in [-0.3, -0.25) is 0 Å². The summed E-state index contributed by atoms with van der Waals surface area (Å²) < 4.78 is 0. The molecular weight excluding hydrogens is 322 g/mol. The van der Waals surface area contributed by atoms with Crippen molar-refractivity contribution in [1.29, 1.82) is 0 Å². The van der Waals surface area contributed by atoms with E-state index in [4.69, 9.17) is 5.11 Å². The van der Waals surface area contributed by atoms with E-state index in [9.17, 15) is 4.79 Å². The zero-order valence-corrected chi connectivity index (χ0v) is 18.0. The van der Waals surface area contributed by atoms with Crippen LogP contribution in [0.1, 0.15) is 63.7 Å². The van der Waals surface area contributed by atoms with Crippen molar-refractivity contribution in [3.8, 4) is 0 Å². The van der Waals surface area contributed by atoms with Crippen LogP contribution in [0.5, 0.6) is 0 Å². The number of carboxylic acids is 1. The smallest absolute Gasteiger partial charge is 0.335 e. The molecule has 0 bridgehead atoms. The van der Waals surface area contributed by atoms with E-state index in [1.165, 1.54) is 25.7 Å². The zero-order chi connectivity index (χ0) is 16.8. The van der Waals surface area contributed by atoms with Crippen molar-refractivity contribution in [3.05, 3.63) is 35.9 Å². The molecule has 1 atom stereocenters. The van der Waals surface area contributed by atoms with Gasteiger partial charge in [0.15, 0.2) is 0 Å². The normalized spacial score (nSPS) is 11.0. The van der Waals surface area contributed by atoms with Gasteiger partial charge >= 0.3 is 91.3 Å². The summed E-state index contributed by atoms with van der Waals surface area (Å²) in [6, 6.07) is 8.30. The first-order chi connectivity index (χ1) is 10.5. The molecule has 0 saturated heterocycles. The molecule has 0 aromatic heterocycles. The molecule has 1 aromatic rings. The van der Waals surface area contributed by atoms with E-state index < -0.39 is 13.2 Å². The Morgan fingerprint density at radius 1 is 0.826 bits per heavy atom. The molecule has 0 spiro atoms. The van der Waals surface area contributed by atoms with Crippen molar-refractivity contribution in [3.63, 3.8) is 0 Å². The third-order valence-corrected chi connectivity index (χ3v) is 10.4. The third-order valence-electron chi connectivity index (χ3n) is 4.14. The topological polar surface area (TPSA) is 37.3 Å². The van der Waals surface area contributed by atoms with E-state index in [1.807, 2.05) is 0 Å². The quantitative estimate of drug-likeness (QED) is 0.564. The van der Waals surface area contributed by atoms with Crippen LogP contribution >= 0.6 is 17.2 Å². The molecule has 0 radical (unpaired) electrons. The third kappa shape index (κ3) is 10.9. The van der Waals surface area contributed by atoms with Crippen molar-refractivity contribution in [2.45, 2.75) is 53.4 Å². The summed E-state index contributed by atoms with van der Waals surface area (Å²) in [5.41, 5.74) is 0.331. The van der Waals surface area contributed by atoms with Gasteiger partial charge < -0.3 is 5.11 Å². The van der Waals surface area contributed by atoms with Crippen LogP contribution < -0.4 is 0 Å². The van der Waals surface area contributed by atoms with Crippen molar-refractivity contribution >= 4 is 23.1 Å². The van der Waals surface area contributed by atoms with Crippen LogP contribution in [0.25, 0.3) is 0 Å². The molecule has 0 aliphatic rings. The molecule has 1 rings (SSSR count). The Balaban J connectivity index is 0. The molecule has 0 aliphatic carbocycles. The van der Waals surface area contributed by atoms with E-state index >= 15 is 0 Å². The van der Waals surface area contributed by atoms with Crippen LogP contribution in [-0.2, 0) is 0 Å². The number of rotatable bonds is 9. The molecule has 2 nitrogen and oxygen atoms in total. The van der Waals surface area contributed by atoms with Crippen LogP contribution in [-0.4, -0.2) is 35.7 Å². The number of carbonyl (C=O) groups is 1. The maximum atomic E-state index is 10.2. The van der Waals surface area contributed by atoms with Gasteiger partial charge in [-0.05, 0) is 12.1 Å². The second-order valence-corrected chi connectivity index (χ2v) is 11.2. The van der Waals surface area contributed by atoms with Gasteiger partial charge in [-0.25, -0.2) is 4.79 Å². The van der Waals surface area contributed by atoms with Crippen molar-refractivity contribution in [2.24, 2.45) is 0 Å². The average Bonchev–Trinajstić information content (AvgIpc) is 2.50. The molecule has 0 aliphatic heterocycles. The van der Waals surface area contributed by atoms with E-state index in [0.717, 1.165) is 0 Å². The Bertz CT molecular complexity index is 364. The van der Waals surface area contributed by atoms with Gasteiger partial charge in [0.1, 0.15) is 0 Å². The second kappa shape index (κ2) is 15.1. The molecule has 0 fully saturated rings. The van der Waals surface area contributed by atoms with Crippen LogP contribution in [0.2, 0.25) is 0 Å². The van der Waals surface area contributed by atoms with Crippen LogP contribution in [0.3, 0.4) is 0 Å². The Labute approximate surface area is 147 Å². The molecular formula is C19H38O2P2.